The van der Waals surface area contributed by atoms with Gasteiger partial charge < -0.3 is 14.8 Å². The van der Waals surface area contributed by atoms with Crippen LogP contribution in [0, 0.1) is 5.41 Å². The van der Waals surface area contributed by atoms with Gasteiger partial charge in [0.1, 0.15) is 15.4 Å². The number of carboxylic acids is 1. The van der Waals surface area contributed by atoms with Crippen LogP contribution in [-0.4, -0.2) is 37.4 Å². The highest BCUT2D eigenvalue weighted by Crippen LogP contribution is 2.49. The Morgan fingerprint density at radius 3 is 2.58 bits per heavy atom. The third kappa shape index (κ3) is 3.76. The number of hydrogen-bond acceptors (Lipinski definition) is 5. The lowest BCUT2D eigenvalue weighted by Crippen LogP contribution is -2.23. The minimum absolute atomic E-state index is 0.0240. The number of benzene rings is 1. The molecule has 1 amide bonds. The number of furan rings is 1. The second kappa shape index (κ2) is 5.62. The maximum absolute atomic E-state index is 12.2. The second-order valence-corrected chi connectivity index (χ2v) is 8.60. The van der Waals surface area contributed by atoms with E-state index in [9.17, 15) is 18.0 Å². The van der Waals surface area contributed by atoms with E-state index in [2.05, 4.69) is 5.32 Å². The fourth-order valence-electron chi connectivity index (χ4n) is 2.88. The van der Waals surface area contributed by atoms with Gasteiger partial charge in [0, 0.05) is 23.8 Å². The summed E-state index contributed by atoms with van der Waals surface area (Å²) >= 11 is 0. The number of anilines is 1. The molecule has 7 nitrogen and oxygen atoms in total. The third-order valence-electron chi connectivity index (χ3n) is 4.07. The van der Waals surface area contributed by atoms with E-state index in [0.29, 0.717) is 16.7 Å². The van der Waals surface area contributed by atoms with Crippen molar-refractivity contribution in [2.75, 3.05) is 17.3 Å². The van der Waals surface area contributed by atoms with Gasteiger partial charge in [-0.1, -0.05) is 0 Å². The number of carboxylic acid groups (broad SMARTS) is 1. The third-order valence-corrected chi connectivity index (χ3v) is 5.21. The summed E-state index contributed by atoms with van der Waals surface area (Å²) in [5.41, 5.74) is 0.495. The van der Waals surface area contributed by atoms with Crippen molar-refractivity contribution in [3.63, 3.8) is 0 Å². The fraction of sp³-hybridized carbons (Fsp3) is 0.375. The molecule has 2 aromatic rings. The van der Waals surface area contributed by atoms with Crippen LogP contribution in [0.25, 0.3) is 11.0 Å². The van der Waals surface area contributed by atoms with Gasteiger partial charge in [-0.05, 0) is 42.5 Å². The van der Waals surface area contributed by atoms with E-state index in [0.717, 1.165) is 12.8 Å². The first kappa shape index (κ1) is 16.5. The normalized spacial score (nSPS) is 16.0. The Kier molecular flexibility index (Phi) is 3.87. The molecule has 128 valence electrons. The predicted octanol–water partition coefficient (Wildman–Crippen LogP) is 2.28. The molecule has 0 unspecified atom stereocenters. The van der Waals surface area contributed by atoms with Crippen LogP contribution in [-0.2, 0) is 14.6 Å². The van der Waals surface area contributed by atoms with Crippen LogP contribution in [0.15, 0.2) is 28.7 Å². The van der Waals surface area contributed by atoms with Crippen LogP contribution in [0.4, 0.5) is 5.69 Å². The lowest BCUT2D eigenvalue weighted by Gasteiger charge is -2.13. The summed E-state index contributed by atoms with van der Waals surface area (Å²) in [5.74, 6) is -1.56. The van der Waals surface area contributed by atoms with Gasteiger partial charge in [-0.2, -0.15) is 0 Å². The molecule has 1 fully saturated rings. The summed E-state index contributed by atoms with van der Waals surface area (Å²) in [5, 5.41) is 12.2. The molecule has 1 aromatic heterocycles. The number of aromatic carboxylic acids is 1. The van der Waals surface area contributed by atoms with E-state index >= 15 is 0 Å². The zero-order valence-corrected chi connectivity index (χ0v) is 13.9. The van der Waals surface area contributed by atoms with Gasteiger partial charge in [0.15, 0.2) is 0 Å². The summed E-state index contributed by atoms with van der Waals surface area (Å²) in [4.78, 5) is 23.1. The minimum Gasteiger partial charge on any atom is -0.475 e. The molecule has 0 spiro atoms. The molecule has 0 bridgehead atoms. The highest BCUT2D eigenvalue weighted by molar-refractivity contribution is 7.90. The maximum Gasteiger partial charge on any atom is 0.371 e. The van der Waals surface area contributed by atoms with Crippen molar-refractivity contribution in [1.29, 1.82) is 0 Å². The minimum atomic E-state index is -3.12. The number of fused-ring (bicyclic) bond motifs is 1. The van der Waals surface area contributed by atoms with Crippen LogP contribution in [0.3, 0.4) is 0 Å². The molecular weight excluding hydrogens is 334 g/mol. The van der Waals surface area contributed by atoms with Gasteiger partial charge in [-0.3, -0.25) is 4.79 Å². The highest BCUT2D eigenvalue weighted by Gasteiger charge is 2.46. The summed E-state index contributed by atoms with van der Waals surface area (Å²) in [7, 11) is -3.12. The van der Waals surface area contributed by atoms with Crippen LogP contribution < -0.4 is 5.32 Å². The highest BCUT2D eigenvalue weighted by atomic mass is 32.2. The lowest BCUT2D eigenvalue weighted by atomic mass is 10.1. The summed E-state index contributed by atoms with van der Waals surface area (Å²) in [6.45, 7) is 0. The van der Waals surface area contributed by atoms with Gasteiger partial charge in [0.2, 0.25) is 11.7 Å². The van der Waals surface area contributed by atoms with Gasteiger partial charge in [0.25, 0.3) is 0 Å². The molecule has 0 saturated heterocycles. The standard InChI is InChI=1S/C16H17NO6S/c1-24(21,22)9-16(4-5-16)8-14(18)17-11-2-3-12-10(6-11)7-13(23-12)15(19)20/h2-3,6-7H,4-5,8-9H2,1H3,(H,17,18)(H,19,20). The number of carbonyl (C=O) groups excluding carboxylic acids is 1. The van der Waals surface area contributed by atoms with E-state index in [1.54, 1.807) is 18.2 Å². The Bertz CT molecular complexity index is 923. The van der Waals surface area contributed by atoms with Gasteiger partial charge in [-0.15, -0.1) is 0 Å². The fourth-order valence-corrected chi connectivity index (χ4v) is 4.38. The Balaban J connectivity index is 1.70. The van der Waals surface area contributed by atoms with Crippen LogP contribution in [0.1, 0.15) is 29.8 Å². The molecule has 1 aliphatic rings. The Morgan fingerprint density at radius 1 is 1.29 bits per heavy atom. The monoisotopic (exact) mass is 351 g/mol. The number of nitrogens with one attached hydrogen (secondary N) is 1. The molecule has 1 saturated carbocycles. The van der Waals surface area contributed by atoms with Crippen molar-refractivity contribution in [3.05, 3.63) is 30.0 Å². The molecule has 1 aliphatic carbocycles. The largest absolute Gasteiger partial charge is 0.475 e. The van der Waals surface area contributed by atoms with Crippen molar-refractivity contribution >= 4 is 38.4 Å². The summed E-state index contributed by atoms with van der Waals surface area (Å²) in [6.07, 6.45) is 2.80. The number of hydrogen-bond donors (Lipinski definition) is 2. The molecule has 1 aromatic carbocycles. The molecule has 8 heteroatoms. The molecule has 1 heterocycles. The van der Waals surface area contributed by atoms with Gasteiger partial charge in [0.05, 0.1) is 5.75 Å². The first-order valence-corrected chi connectivity index (χ1v) is 9.46. The molecule has 2 N–H and O–H groups in total. The average molecular weight is 351 g/mol. The van der Waals surface area contributed by atoms with Crippen LogP contribution in [0.5, 0.6) is 0 Å². The number of sulfone groups is 1. The van der Waals surface area contributed by atoms with E-state index in [1.807, 2.05) is 0 Å². The van der Waals surface area contributed by atoms with E-state index < -0.39 is 21.2 Å². The molecule has 24 heavy (non-hydrogen) atoms. The van der Waals surface area contributed by atoms with Crippen molar-refractivity contribution in [3.8, 4) is 0 Å². The number of rotatable bonds is 6. The zero-order valence-electron chi connectivity index (χ0n) is 13.0. The molecule has 0 aliphatic heterocycles. The molecule has 0 atom stereocenters. The van der Waals surface area contributed by atoms with Gasteiger partial charge in [-0.25, -0.2) is 13.2 Å². The van der Waals surface area contributed by atoms with Crippen molar-refractivity contribution in [2.45, 2.75) is 19.3 Å². The molecular formula is C16H17NO6S. The Hall–Kier alpha value is -2.35. The summed E-state index contributed by atoms with van der Waals surface area (Å²) < 4.78 is 28.0. The predicted molar refractivity (Wildman–Crippen MR) is 87.8 cm³/mol. The molecule has 0 radical (unpaired) electrons. The Morgan fingerprint density at radius 2 is 2.00 bits per heavy atom. The van der Waals surface area contributed by atoms with Gasteiger partial charge >= 0.3 is 5.97 Å². The first-order valence-electron chi connectivity index (χ1n) is 7.40. The van der Waals surface area contributed by atoms with E-state index in [1.165, 1.54) is 12.3 Å². The van der Waals surface area contributed by atoms with Crippen LogP contribution >= 0.6 is 0 Å². The SMILES string of the molecule is CS(=O)(=O)CC1(CC(=O)Nc2ccc3oc(C(=O)O)cc3c2)CC1. The second-order valence-electron chi connectivity index (χ2n) is 6.46. The topological polar surface area (TPSA) is 114 Å². The smallest absolute Gasteiger partial charge is 0.371 e. The quantitative estimate of drug-likeness (QED) is 0.825. The van der Waals surface area contributed by atoms with Crippen LogP contribution in [0.2, 0.25) is 0 Å². The van der Waals surface area contributed by atoms with Crippen molar-refractivity contribution in [1.82, 2.24) is 0 Å². The first-order chi connectivity index (χ1) is 11.2. The van der Waals surface area contributed by atoms with E-state index in [4.69, 9.17) is 9.52 Å². The van der Waals surface area contributed by atoms with E-state index in [-0.39, 0.29) is 23.8 Å². The lowest BCUT2D eigenvalue weighted by molar-refractivity contribution is -0.117. The number of carbonyl (C=O) groups is 2. The summed E-state index contributed by atoms with van der Waals surface area (Å²) in [6, 6.07) is 6.21. The number of amides is 1. The zero-order chi connectivity index (χ0) is 17.5. The maximum atomic E-state index is 12.2. The van der Waals surface area contributed by atoms with Crippen molar-refractivity contribution in [2.24, 2.45) is 5.41 Å². The van der Waals surface area contributed by atoms with Crippen molar-refractivity contribution < 1.29 is 27.5 Å². The Labute approximate surface area is 138 Å². The molecule has 3 rings (SSSR count). The average Bonchev–Trinajstić information content (AvgIpc) is 3.02.